The van der Waals surface area contributed by atoms with E-state index in [1.807, 2.05) is 0 Å². The van der Waals surface area contributed by atoms with E-state index in [4.69, 9.17) is 0 Å². The molecule has 0 unspecified atom stereocenters. The summed E-state index contributed by atoms with van der Waals surface area (Å²) in [5, 5.41) is 2.68. The molecule has 0 bridgehead atoms. The fraction of sp³-hybridized carbons (Fsp3) is 0.273. The molecule has 16 heavy (non-hydrogen) atoms. The monoisotopic (exact) mass is 217 g/mol. The Morgan fingerprint density at radius 1 is 1.06 bits per heavy atom. The number of ketones is 2. The molecule has 0 amide bonds. The largest absolute Gasteiger partial charge is 0.385 e. The SMILES string of the molecule is CNC1=CC(=O)c2nc(C)c(C)nc2C1=O. The van der Waals surface area contributed by atoms with E-state index >= 15 is 0 Å². The highest BCUT2D eigenvalue weighted by Crippen LogP contribution is 2.17. The van der Waals surface area contributed by atoms with Crippen molar-refractivity contribution >= 4 is 11.6 Å². The van der Waals surface area contributed by atoms with E-state index in [-0.39, 0.29) is 28.7 Å². The lowest BCUT2D eigenvalue weighted by Crippen LogP contribution is -2.27. The van der Waals surface area contributed by atoms with Crippen LogP contribution in [0.15, 0.2) is 11.8 Å². The van der Waals surface area contributed by atoms with E-state index in [1.54, 1.807) is 20.9 Å². The maximum atomic E-state index is 11.9. The third-order valence-electron chi connectivity index (χ3n) is 2.54. The Morgan fingerprint density at radius 3 is 2.19 bits per heavy atom. The van der Waals surface area contributed by atoms with Crippen molar-refractivity contribution in [2.45, 2.75) is 13.8 Å². The zero-order valence-electron chi connectivity index (χ0n) is 9.29. The number of hydrogen-bond donors (Lipinski definition) is 1. The van der Waals surface area contributed by atoms with Gasteiger partial charge in [0.05, 0.1) is 17.1 Å². The van der Waals surface area contributed by atoms with Crippen LogP contribution in [0, 0.1) is 13.8 Å². The summed E-state index contributed by atoms with van der Waals surface area (Å²) in [6.45, 7) is 3.52. The molecular weight excluding hydrogens is 206 g/mol. The number of aromatic nitrogens is 2. The number of nitrogens with one attached hydrogen (secondary N) is 1. The molecule has 1 aliphatic rings. The molecule has 0 saturated heterocycles. The third-order valence-corrected chi connectivity index (χ3v) is 2.54. The smallest absolute Gasteiger partial charge is 0.229 e. The number of rotatable bonds is 1. The van der Waals surface area contributed by atoms with Crippen LogP contribution in [-0.2, 0) is 0 Å². The Balaban J connectivity index is 2.66. The van der Waals surface area contributed by atoms with Gasteiger partial charge in [-0.15, -0.1) is 0 Å². The quantitative estimate of drug-likeness (QED) is 0.744. The molecule has 2 rings (SSSR count). The van der Waals surface area contributed by atoms with Crippen LogP contribution >= 0.6 is 0 Å². The van der Waals surface area contributed by atoms with Gasteiger partial charge in [0.1, 0.15) is 11.4 Å². The summed E-state index contributed by atoms with van der Waals surface area (Å²) in [7, 11) is 1.59. The van der Waals surface area contributed by atoms with Gasteiger partial charge in [0.25, 0.3) is 0 Å². The Hall–Kier alpha value is -2.04. The minimum absolute atomic E-state index is 0.139. The first-order valence-corrected chi connectivity index (χ1v) is 4.88. The molecule has 1 aromatic heterocycles. The van der Waals surface area contributed by atoms with Crippen molar-refractivity contribution in [2.24, 2.45) is 0 Å². The molecule has 82 valence electrons. The summed E-state index contributed by atoms with van der Waals surface area (Å²) in [4.78, 5) is 31.8. The molecule has 1 aliphatic carbocycles. The molecule has 0 radical (unpaired) electrons. The first kappa shape index (κ1) is 10.5. The number of carbonyl (C=O) groups is 2. The van der Waals surface area contributed by atoms with E-state index in [9.17, 15) is 9.59 Å². The van der Waals surface area contributed by atoms with Gasteiger partial charge in [-0.25, -0.2) is 9.97 Å². The highest BCUT2D eigenvalue weighted by atomic mass is 16.1. The van der Waals surface area contributed by atoms with Gasteiger partial charge in [0.2, 0.25) is 11.6 Å². The molecule has 0 saturated carbocycles. The molecule has 5 heteroatoms. The maximum Gasteiger partial charge on any atom is 0.229 e. The molecule has 1 N–H and O–H groups in total. The first-order valence-electron chi connectivity index (χ1n) is 4.88. The minimum atomic E-state index is -0.285. The van der Waals surface area contributed by atoms with Crippen LogP contribution in [0.1, 0.15) is 32.4 Å². The third kappa shape index (κ3) is 1.41. The summed E-state index contributed by atoms with van der Waals surface area (Å²) >= 11 is 0. The topological polar surface area (TPSA) is 72.0 Å². The Bertz CT molecular complexity index is 532. The van der Waals surface area contributed by atoms with Crippen molar-refractivity contribution in [1.82, 2.24) is 15.3 Å². The normalized spacial score (nSPS) is 14.6. The number of likely N-dealkylation sites (N-methyl/N-ethyl adjacent to an activating group) is 1. The maximum absolute atomic E-state index is 11.9. The van der Waals surface area contributed by atoms with Crippen LogP contribution < -0.4 is 5.32 Å². The fourth-order valence-electron chi connectivity index (χ4n) is 1.51. The standard InChI is InChI=1S/C11H11N3O2/c1-5-6(2)14-10-9(13-5)8(15)4-7(12-3)11(10)16/h4,12H,1-3H3. The van der Waals surface area contributed by atoms with Crippen molar-refractivity contribution in [2.75, 3.05) is 7.05 Å². The van der Waals surface area contributed by atoms with Gasteiger partial charge in [0.15, 0.2) is 0 Å². The van der Waals surface area contributed by atoms with Gasteiger partial charge in [-0.1, -0.05) is 0 Å². The molecule has 5 nitrogen and oxygen atoms in total. The lowest BCUT2D eigenvalue weighted by molar-refractivity contribution is 0.0971. The van der Waals surface area contributed by atoms with E-state index in [0.29, 0.717) is 11.4 Å². The van der Waals surface area contributed by atoms with Gasteiger partial charge >= 0.3 is 0 Å². The van der Waals surface area contributed by atoms with Gasteiger partial charge in [0, 0.05) is 13.1 Å². The highest BCUT2D eigenvalue weighted by Gasteiger charge is 2.28. The molecule has 0 aromatic carbocycles. The number of nitrogens with zero attached hydrogens (tertiary/aromatic N) is 2. The predicted octanol–water partition coefficient (Wildman–Crippen LogP) is 0.576. The summed E-state index contributed by atoms with van der Waals surface area (Å²) in [6.07, 6.45) is 1.26. The van der Waals surface area contributed by atoms with E-state index in [2.05, 4.69) is 15.3 Å². The lowest BCUT2D eigenvalue weighted by Gasteiger charge is -2.14. The van der Waals surface area contributed by atoms with Crippen molar-refractivity contribution < 1.29 is 9.59 Å². The van der Waals surface area contributed by atoms with Crippen LogP contribution in [0.4, 0.5) is 0 Å². The van der Waals surface area contributed by atoms with E-state index in [0.717, 1.165) is 0 Å². The Labute approximate surface area is 92.6 Å². The second kappa shape index (κ2) is 3.52. The average Bonchev–Trinajstić information content (AvgIpc) is 2.26. The second-order valence-corrected chi connectivity index (χ2v) is 3.59. The molecule has 1 aromatic rings. The van der Waals surface area contributed by atoms with E-state index in [1.165, 1.54) is 6.08 Å². The van der Waals surface area contributed by atoms with Crippen molar-refractivity contribution in [1.29, 1.82) is 0 Å². The molecule has 1 heterocycles. The molecular formula is C11H11N3O2. The van der Waals surface area contributed by atoms with Crippen LogP contribution in [-0.4, -0.2) is 28.6 Å². The van der Waals surface area contributed by atoms with Crippen LogP contribution in [0.2, 0.25) is 0 Å². The number of carbonyl (C=O) groups excluding carboxylic acids is 2. The summed E-state index contributed by atoms with van der Waals surface area (Å²) in [6, 6.07) is 0. The Morgan fingerprint density at radius 2 is 1.62 bits per heavy atom. The fourth-order valence-corrected chi connectivity index (χ4v) is 1.51. The van der Waals surface area contributed by atoms with Crippen LogP contribution in [0.25, 0.3) is 0 Å². The zero-order valence-corrected chi connectivity index (χ0v) is 9.29. The number of fused-ring (bicyclic) bond motifs is 1. The van der Waals surface area contributed by atoms with Crippen LogP contribution in [0.3, 0.4) is 0 Å². The minimum Gasteiger partial charge on any atom is -0.385 e. The number of aryl methyl sites for hydroxylation is 2. The summed E-state index contributed by atoms with van der Waals surface area (Å²) in [5.74, 6) is -0.567. The lowest BCUT2D eigenvalue weighted by atomic mass is 10.0. The number of allylic oxidation sites excluding steroid dienone is 2. The summed E-state index contributed by atoms with van der Waals surface area (Å²) < 4.78 is 0. The molecule has 0 aliphatic heterocycles. The zero-order chi connectivity index (χ0) is 11.9. The highest BCUT2D eigenvalue weighted by molar-refractivity contribution is 6.22. The first-order chi connectivity index (χ1) is 7.54. The van der Waals surface area contributed by atoms with Crippen LogP contribution in [0.5, 0.6) is 0 Å². The van der Waals surface area contributed by atoms with Crippen molar-refractivity contribution in [3.63, 3.8) is 0 Å². The number of hydrogen-bond acceptors (Lipinski definition) is 5. The summed E-state index contributed by atoms with van der Waals surface area (Å²) in [5.41, 5.74) is 1.88. The molecule has 0 fully saturated rings. The number of Topliss-reactive ketones (excluding diaryl/α,β-unsaturated/α-hetero) is 1. The van der Waals surface area contributed by atoms with Gasteiger partial charge in [-0.05, 0) is 13.8 Å². The van der Waals surface area contributed by atoms with E-state index < -0.39 is 0 Å². The van der Waals surface area contributed by atoms with Crippen molar-refractivity contribution in [3.05, 3.63) is 34.5 Å². The second-order valence-electron chi connectivity index (χ2n) is 3.59. The van der Waals surface area contributed by atoms with Gasteiger partial charge in [-0.2, -0.15) is 0 Å². The Kier molecular flexibility index (Phi) is 2.30. The predicted molar refractivity (Wildman–Crippen MR) is 57.3 cm³/mol. The average molecular weight is 217 g/mol. The molecule has 0 spiro atoms. The van der Waals surface area contributed by atoms with Gasteiger partial charge in [-0.3, -0.25) is 9.59 Å². The van der Waals surface area contributed by atoms with Crippen molar-refractivity contribution in [3.8, 4) is 0 Å². The van der Waals surface area contributed by atoms with Gasteiger partial charge < -0.3 is 5.32 Å². The molecule has 0 atom stereocenters.